The average molecular weight is 1030 g/mol. The van der Waals surface area contributed by atoms with E-state index in [1.165, 1.54) is 19.2 Å². The molecule has 3 fully saturated rings. The normalized spacial score (nSPS) is 29.8. The van der Waals surface area contributed by atoms with E-state index in [0.29, 0.717) is 5.75 Å². The highest BCUT2D eigenvalue weighted by molar-refractivity contribution is 6.74. The molecule has 3 heterocycles. The van der Waals surface area contributed by atoms with Gasteiger partial charge in [-0.05, 0) is 42.4 Å². The lowest BCUT2D eigenvalue weighted by Gasteiger charge is -2.49. The molecule has 0 unspecified atom stereocenters. The van der Waals surface area contributed by atoms with Crippen LogP contribution in [0.15, 0.2) is 24.3 Å². The van der Waals surface area contributed by atoms with Crippen LogP contribution in [-0.2, 0) is 104 Å². The third-order valence-electron chi connectivity index (χ3n) is 11.5. The molecule has 0 aliphatic carbocycles. The molecular weight excluding hydrogens is 965 g/mol. The van der Waals surface area contributed by atoms with Crippen molar-refractivity contribution < 1.29 is 114 Å². The zero-order valence-electron chi connectivity index (χ0n) is 42.3. The zero-order chi connectivity index (χ0) is 53.1. The third kappa shape index (κ3) is 16.5. The van der Waals surface area contributed by atoms with Gasteiger partial charge in [0.05, 0.1) is 20.3 Å². The molecule has 14 atom stereocenters. The molecular formula is C46H66O24Si. The first kappa shape index (κ1) is 58.1. The van der Waals surface area contributed by atoms with Crippen molar-refractivity contribution in [1.82, 2.24) is 0 Å². The first-order chi connectivity index (χ1) is 33.1. The number of hydrogen-bond acceptors (Lipinski definition) is 24. The Bertz CT molecular complexity index is 2040. The summed E-state index contributed by atoms with van der Waals surface area (Å²) in [5.41, 5.74) is 0. The third-order valence-corrected chi connectivity index (χ3v) is 16.0. The van der Waals surface area contributed by atoms with Gasteiger partial charge in [0.15, 0.2) is 69.7 Å². The molecule has 0 aromatic heterocycles. The predicted molar refractivity (Wildman–Crippen MR) is 239 cm³/mol. The number of hydrogen-bond donors (Lipinski definition) is 0. The van der Waals surface area contributed by atoms with E-state index in [0.717, 1.165) is 55.4 Å². The van der Waals surface area contributed by atoms with Crippen molar-refractivity contribution in [1.29, 1.82) is 0 Å². The minimum atomic E-state index is -2.61. The fourth-order valence-corrected chi connectivity index (χ4v) is 8.48. The quantitative estimate of drug-likeness (QED) is 0.109. The van der Waals surface area contributed by atoms with E-state index in [2.05, 4.69) is 0 Å². The van der Waals surface area contributed by atoms with Crippen LogP contribution in [0.1, 0.15) is 76.2 Å². The number of methoxy groups -OCH3 is 1. The number of ether oxygens (including phenoxy) is 15. The number of rotatable bonds is 19. The van der Waals surface area contributed by atoms with E-state index in [1.54, 1.807) is 12.1 Å². The molecule has 71 heavy (non-hydrogen) atoms. The summed E-state index contributed by atoms with van der Waals surface area (Å²) < 4.78 is 95.7. The van der Waals surface area contributed by atoms with E-state index in [9.17, 15) is 38.4 Å². The minimum Gasteiger partial charge on any atom is -0.497 e. The van der Waals surface area contributed by atoms with Crippen molar-refractivity contribution >= 4 is 56.1 Å². The molecule has 0 spiro atoms. The lowest BCUT2D eigenvalue weighted by molar-refractivity contribution is -0.376. The van der Waals surface area contributed by atoms with Gasteiger partial charge >= 0.3 is 47.8 Å². The van der Waals surface area contributed by atoms with Gasteiger partial charge in [-0.15, -0.1) is 0 Å². The smallest absolute Gasteiger partial charge is 0.303 e. The molecule has 0 N–H and O–H groups in total. The van der Waals surface area contributed by atoms with E-state index in [4.69, 9.17) is 75.5 Å². The molecule has 0 bridgehead atoms. The lowest BCUT2D eigenvalue weighted by atomic mass is 9.96. The second-order valence-corrected chi connectivity index (χ2v) is 23.1. The van der Waals surface area contributed by atoms with E-state index in [-0.39, 0.29) is 17.4 Å². The Hall–Kier alpha value is -5.44. The van der Waals surface area contributed by atoms with Gasteiger partial charge in [0.25, 0.3) is 0 Å². The molecule has 24 nitrogen and oxygen atoms in total. The SMILES string of the molecule is COc1ccc(O[C@@H]2OC[C@H](OC(C)=O)[C@H](O[C@@H]3O[C@H](CO[Si](C)(C)C(C)(C)C)[C@H](OC(C)=O)[C@H](OC(C)=O)[C@H]3OC(C)=O)[C@H]2O[C@@H]2O[C@H](COC(C)=O)[C@H](OC(C)=O)[C@H](OC(C)=O)[C@H]2OC(C)=O)cc1. The van der Waals surface area contributed by atoms with Crippen LogP contribution in [0.4, 0.5) is 0 Å². The summed E-state index contributed by atoms with van der Waals surface area (Å²) in [5, 5.41) is -0.331. The second-order valence-electron chi connectivity index (χ2n) is 18.2. The topological polar surface area (TPSA) is 284 Å². The van der Waals surface area contributed by atoms with Gasteiger partial charge in [-0.1, -0.05) is 20.8 Å². The monoisotopic (exact) mass is 1030 g/mol. The molecule has 398 valence electrons. The molecule has 0 saturated carbocycles. The number of carbonyl (C=O) groups is 8. The van der Waals surface area contributed by atoms with Gasteiger partial charge in [-0.2, -0.15) is 0 Å². The summed E-state index contributed by atoms with van der Waals surface area (Å²) in [7, 11) is -1.16. The van der Waals surface area contributed by atoms with Crippen molar-refractivity contribution in [3.63, 3.8) is 0 Å². The lowest BCUT2D eigenvalue weighted by Crippen LogP contribution is -2.68. The Morgan fingerprint density at radius 3 is 1.31 bits per heavy atom. The van der Waals surface area contributed by atoms with Crippen LogP contribution in [0.3, 0.4) is 0 Å². The average Bonchev–Trinajstić information content (AvgIpc) is 3.24. The molecule has 4 rings (SSSR count). The van der Waals surface area contributed by atoms with Crippen LogP contribution in [0.25, 0.3) is 0 Å². The van der Waals surface area contributed by atoms with E-state index in [1.807, 2.05) is 33.9 Å². The summed E-state index contributed by atoms with van der Waals surface area (Å²) in [6.45, 7) is 17.1. The van der Waals surface area contributed by atoms with Crippen molar-refractivity contribution in [2.75, 3.05) is 26.9 Å². The first-order valence-electron chi connectivity index (χ1n) is 22.6. The van der Waals surface area contributed by atoms with Crippen LogP contribution >= 0.6 is 0 Å². The second kappa shape index (κ2) is 25.3. The maximum absolute atomic E-state index is 12.9. The number of carbonyl (C=O) groups excluding carboxylic acids is 8. The molecule has 0 amide bonds. The number of esters is 8. The Kier molecular flexibility index (Phi) is 20.7. The van der Waals surface area contributed by atoms with Gasteiger partial charge in [-0.3, -0.25) is 38.4 Å². The molecule has 0 radical (unpaired) electrons. The highest BCUT2D eigenvalue weighted by atomic mass is 28.4. The molecule has 3 aliphatic heterocycles. The highest BCUT2D eigenvalue weighted by Gasteiger charge is 2.59. The maximum atomic E-state index is 12.9. The minimum absolute atomic E-state index is 0.157. The van der Waals surface area contributed by atoms with Crippen molar-refractivity contribution in [2.24, 2.45) is 0 Å². The Labute approximate surface area is 412 Å². The summed E-state index contributed by atoms with van der Waals surface area (Å²) >= 11 is 0. The molecule has 1 aromatic rings. The van der Waals surface area contributed by atoms with Gasteiger partial charge in [0.2, 0.25) is 6.29 Å². The summed E-state index contributed by atoms with van der Waals surface area (Å²) in [5.74, 6) is -6.40. The molecule has 3 aliphatic rings. The van der Waals surface area contributed by atoms with Crippen molar-refractivity contribution in [2.45, 2.75) is 180 Å². The maximum Gasteiger partial charge on any atom is 0.303 e. The van der Waals surface area contributed by atoms with E-state index >= 15 is 0 Å². The Balaban J connectivity index is 1.98. The number of benzene rings is 1. The largest absolute Gasteiger partial charge is 0.497 e. The summed E-state index contributed by atoms with van der Waals surface area (Å²) in [6, 6.07) is 6.19. The van der Waals surface area contributed by atoms with E-state index < -0.39 is 155 Å². The van der Waals surface area contributed by atoms with Gasteiger partial charge < -0.3 is 75.5 Å². The van der Waals surface area contributed by atoms with Gasteiger partial charge in [0.1, 0.15) is 36.4 Å². The molecule has 3 saturated heterocycles. The highest BCUT2D eigenvalue weighted by Crippen LogP contribution is 2.40. The molecule has 1 aromatic carbocycles. The fourth-order valence-electron chi connectivity index (χ4n) is 7.47. The standard InChI is InChI=1S/C46H66O24Si/c1-22(47)56-19-33-35(60-24(3)49)38(62-26(5)51)42(65-29(8)54)45(67-33)70-40-37(32(59-23(2)48)20-57-43(40)66-31-17-15-30(55-12)16-18-31)69-44-41(64-28(7)53)39(63-27(6)52)36(61-25(4)50)34(68-44)21-58-71(13,14)46(9,10)11/h15-18,32-45H,19-21H2,1-14H3/t32-,33+,34+,35-,36-,37-,38-,39-,40+,41+,42+,43-,44-,45-/m0/s1. The van der Waals surface area contributed by atoms with Crippen LogP contribution in [0.5, 0.6) is 11.5 Å². The van der Waals surface area contributed by atoms with Crippen LogP contribution in [-0.4, -0.2) is 169 Å². The van der Waals surface area contributed by atoms with Crippen LogP contribution in [0.2, 0.25) is 18.1 Å². The Morgan fingerprint density at radius 2 is 0.901 bits per heavy atom. The zero-order valence-corrected chi connectivity index (χ0v) is 43.3. The van der Waals surface area contributed by atoms with Crippen LogP contribution in [0, 0.1) is 0 Å². The molecule has 25 heteroatoms. The van der Waals surface area contributed by atoms with Crippen molar-refractivity contribution in [3.05, 3.63) is 24.3 Å². The van der Waals surface area contributed by atoms with Gasteiger partial charge in [-0.25, -0.2) is 0 Å². The summed E-state index contributed by atoms with van der Waals surface area (Å²) in [6.07, 6.45) is -22.9. The fraction of sp³-hybridized carbons (Fsp3) is 0.696. The van der Waals surface area contributed by atoms with Gasteiger partial charge in [0, 0.05) is 55.4 Å². The van der Waals surface area contributed by atoms with Crippen LogP contribution < -0.4 is 9.47 Å². The Morgan fingerprint density at radius 1 is 0.507 bits per heavy atom. The predicted octanol–water partition coefficient (Wildman–Crippen LogP) is 2.76. The van der Waals surface area contributed by atoms with Crippen molar-refractivity contribution in [3.8, 4) is 11.5 Å². The first-order valence-corrected chi connectivity index (χ1v) is 25.5. The summed E-state index contributed by atoms with van der Waals surface area (Å²) in [4.78, 5) is 102.